The Labute approximate surface area is 135 Å². The first-order chi connectivity index (χ1) is 10.6. The average Bonchev–Trinajstić information content (AvgIpc) is 3.19. The van der Waals surface area contributed by atoms with Crippen LogP contribution >= 0.6 is 11.3 Å². The fourth-order valence-electron chi connectivity index (χ4n) is 2.80. The van der Waals surface area contributed by atoms with Crippen molar-refractivity contribution in [1.82, 2.24) is 4.31 Å². The van der Waals surface area contributed by atoms with Crippen molar-refractivity contribution in [3.8, 4) is 5.75 Å². The van der Waals surface area contributed by atoms with Crippen molar-refractivity contribution in [2.24, 2.45) is 0 Å². The number of nitrogens with zero attached hydrogens (tertiary/aromatic N) is 1. The standard InChI is InChI=1S/C16H19NO3S2/c1-2-20-13-7-9-14(10-8-13)22(18,19)17-11-3-5-15(17)16-6-4-12-21-16/h4,6-10,12,15H,2-3,5,11H2,1H3. The van der Waals surface area contributed by atoms with Crippen LogP contribution in [0.4, 0.5) is 0 Å². The van der Waals surface area contributed by atoms with Crippen LogP contribution in [0, 0.1) is 0 Å². The topological polar surface area (TPSA) is 46.6 Å². The first-order valence-corrected chi connectivity index (χ1v) is 9.73. The Hall–Kier alpha value is -1.37. The molecular weight excluding hydrogens is 318 g/mol. The van der Waals surface area contributed by atoms with Gasteiger partial charge in [-0.3, -0.25) is 0 Å². The van der Waals surface area contributed by atoms with Gasteiger partial charge in [0.05, 0.1) is 17.5 Å². The van der Waals surface area contributed by atoms with E-state index in [4.69, 9.17) is 4.74 Å². The van der Waals surface area contributed by atoms with Crippen LogP contribution < -0.4 is 4.74 Å². The molecular formula is C16H19NO3S2. The van der Waals surface area contributed by atoms with E-state index in [9.17, 15) is 8.42 Å². The van der Waals surface area contributed by atoms with Gasteiger partial charge in [0.15, 0.2) is 0 Å². The van der Waals surface area contributed by atoms with Crippen LogP contribution in [0.3, 0.4) is 0 Å². The lowest BCUT2D eigenvalue weighted by Crippen LogP contribution is -2.30. The van der Waals surface area contributed by atoms with Crippen molar-refractivity contribution >= 4 is 21.4 Å². The fraction of sp³-hybridized carbons (Fsp3) is 0.375. The highest BCUT2D eigenvalue weighted by Gasteiger charge is 2.36. The summed E-state index contributed by atoms with van der Waals surface area (Å²) in [6, 6.07) is 10.6. The predicted molar refractivity (Wildman–Crippen MR) is 87.8 cm³/mol. The van der Waals surface area contributed by atoms with E-state index in [0.717, 1.165) is 17.7 Å². The van der Waals surface area contributed by atoms with Crippen LogP contribution in [0.2, 0.25) is 0 Å². The minimum absolute atomic E-state index is 0.0310. The van der Waals surface area contributed by atoms with Gasteiger partial charge in [0.1, 0.15) is 5.75 Å². The Kier molecular flexibility index (Phi) is 4.52. The molecule has 0 aliphatic carbocycles. The number of sulfonamides is 1. The molecule has 4 nitrogen and oxygen atoms in total. The molecule has 6 heteroatoms. The summed E-state index contributed by atoms with van der Waals surface area (Å²) in [4.78, 5) is 1.45. The maximum Gasteiger partial charge on any atom is 0.243 e. The number of hydrogen-bond donors (Lipinski definition) is 0. The molecule has 3 rings (SSSR count). The monoisotopic (exact) mass is 337 g/mol. The maximum absolute atomic E-state index is 12.9. The van der Waals surface area contributed by atoms with E-state index in [2.05, 4.69) is 0 Å². The number of benzene rings is 1. The van der Waals surface area contributed by atoms with E-state index in [1.54, 1.807) is 39.9 Å². The molecule has 1 aliphatic heterocycles. The molecule has 22 heavy (non-hydrogen) atoms. The summed E-state index contributed by atoms with van der Waals surface area (Å²) >= 11 is 1.62. The lowest BCUT2D eigenvalue weighted by Gasteiger charge is -2.23. The summed E-state index contributed by atoms with van der Waals surface area (Å²) < 4.78 is 32.8. The molecule has 0 bridgehead atoms. The molecule has 1 aromatic carbocycles. The smallest absolute Gasteiger partial charge is 0.243 e. The number of hydrogen-bond acceptors (Lipinski definition) is 4. The molecule has 1 aliphatic rings. The molecule has 118 valence electrons. The van der Waals surface area contributed by atoms with Crippen molar-refractivity contribution in [3.05, 3.63) is 46.7 Å². The highest BCUT2D eigenvalue weighted by molar-refractivity contribution is 7.89. The van der Waals surface area contributed by atoms with Crippen LogP contribution in [0.15, 0.2) is 46.7 Å². The lowest BCUT2D eigenvalue weighted by atomic mass is 10.2. The molecule has 0 amide bonds. The number of rotatable bonds is 5. The van der Waals surface area contributed by atoms with E-state index in [1.807, 2.05) is 24.4 Å². The normalized spacial score (nSPS) is 19.4. The Balaban J connectivity index is 1.88. The third kappa shape index (κ3) is 2.91. The third-order valence-electron chi connectivity index (χ3n) is 3.82. The van der Waals surface area contributed by atoms with Crippen LogP contribution in [0.5, 0.6) is 5.75 Å². The van der Waals surface area contributed by atoms with Crippen molar-refractivity contribution < 1.29 is 13.2 Å². The second-order valence-corrected chi connectivity index (χ2v) is 8.06. The van der Waals surface area contributed by atoms with Crippen molar-refractivity contribution in [1.29, 1.82) is 0 Å². The van der Waals surface area contributed by atoms with Crippen LogP contribution in [-0.2, 0) is 10.0 Å². The molecule has 0 saturated carbocycles. The molecule has 1 saturated heterocycles. The highest BCUT2D eigenvalue weighted by atomic mass is 32.2. The van der Waals surface area contributed by atoms with Crippen molar-refractivity contribution in [2.45, 2.75) is 30.7 Å². The van der Waals surface area contributed by atoms with E-state index < -0.39 is 10.0 Å². The van der Waals surface area contributed by atoms with Crippen molar-refractivity contribution in [3.63, 3.8) is 0 Å². The first kappa shape index (κ1) is 15.5. The Morgan fingerprint density at radius 2 is 2.05 bits per heavy atom. The summed E-state index contributed by atoms with van der Waals surface area (Å²) in [7, 11) is -3.46. The molecule has 0 radical (unpaired) electrons. The molecule has 2 aromatic rings. The fourth-order valence-corrected chi connectivity index (χ4v) is 5.42. The molecule has 2 heterocycles. The van der Waals surface area contributed by atoms with E-state index in [0.29, 0.717) is 23.8 Å². The Bertz CT molecular complexity index is 708. The predicted octanol–water partition coefficient (Wildman–Crippen LogP) is 3.67. The molecule has 1 fully saturated rings. The quantitative estimate of drug-likeness (QED) is 0.836. The van der Waals surface area contributed by atoms with Gasteiger partial charge >= 0.3 is 0 Å². The lowest BCUT2D eigenvalue weighted by molar-refractivity contribution is 0.340. The molecule has 1 aromatic heterocycles. The Morgan fingerprint density at radius 1 is 1.27 bits per heavy atom. The summed E-state index contributed by atoms with van der Waals surface area (Å²) in [5.41, 5.74) is 0. The summed E-state index contributed by atoms with van der Waals surface area (Å²) in [6.45, 7) is 3.05. The highest BCUT2D eigenvalue weighted by Crippen LogP contribution is 2.38. The van der Waals surface area contributed by atoms with E-state index >= 15 is 0 Å². The number of ether oxygens (including phenoxy) is 1. The van der Waals surface area contributed by atoms with Crippen LogP contribution in [0.1, 0.15) is 30.7 Å². The van der Waals surface area contributed by atoms with E-state index in [-0.39, 0.29) is 6.04 Å². The average molecular weight is 337 g/mol. The van der Waals surface area contributed by atoms with Gasteiger partial charge in [-0.15, -0.1) is 11.3 Å². The van der Waals surface area contributed by atoms with E-state index in [1.165, 1.54) is 0 Å². The zero-order valence-corrected chi connectivity index (χ0v) is 14.1. The molecule has 0 N–H and O–H groups in total. The summed E-state index contributed by atoms with van der Waals surface area (Å²) in [5.74, 6) is 0.692. The second-order valence-electron chi connectivity index (χ2n) is 5.19. The van der Waals surface area contributed by atoms with Gasteiger partial charge in [-0.05, 0) is 55.5 Å². The van der Waals surface area contributed by atoms with Gasteiger partial charge in [0.25, 0.3) is 0 Å². The Morgan fingerprint density at radius 3 is 2.68 bits per heavy atom. The van der Waals surface area contributed by atoms with Crippen molar-refractivity contribution in [2.75, 3.05) is 13.2 Å². The zero-order chi connectivity index (χ0) is 15.6. The van der Waals surface area contributed by atoms with Gasteiger partial charge in [-0.1, -0.05) is 6.07 Å². The van der Waals surface area contributed by atoms with Crippen LogP contribution in [-0.4, -0.2) is 25.9 Å². The van der Waals surface area contributed by atoms with Gasteiger partial charge in [0, 0.05) is 11.4 Å². The first-order valence-electron chi connectivity index (χ1n) is 7.41. The second kappa shape index (κ2) is 6.40. The van der Waals surface area contributed by atoms with Gasteiger partial charge in [-0.2, -0.15) is 4.31 Å². The SMILES string of the molecule is CCOc1ccc(S(=O)(=O)N2CCCC2c2cccs2)cc1. The maximum atomic E-state index is 12.9. The van der Waals surface area contributed by atoms with Gasteiger partial charge in [-0.25, -0.2) is 8.42 Å². The number of thiophene rings is 1. The molecule has 1 unspecified atom stereocenters. The summed E-state index contributed by atoms with van der Waals surface area (Å²) in [6.07, 6.45) is 1.79. The largest absolute Gasteiger partial charge is 0.494 e. The molecule has 1 atom stereocenters. The van der Waals surface area contributed by atoms with Gasteiger partial charge < -0.3 is 4.74 Å². The minimum atomic E-state index is -3.46. The summed E-state index contributed by atoms with van der Waals surface area (Å²) in [5, 5.41) is 2.00. The minimum Gasteiger partial charge on any atom is -0.494 e. The molecule has 0 spiro atoms. The van der Waals surface area contributed by atoms with Gasteiger partial charge in [0.2, 0.25) is 10.0 Å². The third-order valence-corrected chi connectivity index (χ3v) is 6.71. The zero-order valence-electron chi connectivity index (χ0n) is 12.4. The van der Waals surface area contributed by atoms with Crippen LogP contribution in [0.25, 0.3) is 0 Å².